The number of aryl methyl sites for hydroxylation is 1. The third kappa shape index (κ3) is 7.44. The first-order chi connectivity index (χ1) is 18.7. The summed E-state index contributed by atoms with van der Waals surface area (Å²) in [5.74, 6) is -1.27. The van der Waals surface area contributed by atoms with Crippen LogP contribution in [0.25, 0.3) is 0 Å². The molecule has 2 amide bonds. The quantitative estimate of drug-likeness (QED) is 0.326. The molecular formula is C30H36FN3O4S. The highest BCUT2D eigenvalue weighted by molar-refractivity contribution is 7.92. The molecule has 0 spiro atoms. The maximum Gasteiger partial charge on any atom is 0.264 e. The summed E-state index contributed by atoms with van der Waals surface area (Å²) in [5.41, 5.74) is 1.79. The predicted molar refractivity (Wildman–Crippen MR) is 151 cm³/mol. The highest BCUT2D eigenvalue weighted by atomic mass is 32.2. The molecule has 0 aliphatic heterocycles. The van der Waals surface area contributed by atoms with Gasteiger partial charge in [-0.25, -0.2) is 12.8 Å². The number of hydrogen-bond acceptors (Lipinski definition) is 4. The molecule has 0 heterocycles. The Kier molecular flexibility index (Phi) is 10.6. The number of hydrogen-bond donors (Lipinski definition) is 1. The normalized spacial score (nSPS) is 12.0. The van der Waals surface area contributed by atoms with Gasteiger partial charge in [-0.2, -0.15) is 0 Å². The average molecular weight is 554 g/mol. The molecule has 0 fully saturated rings. The summed E-state index contributed by atoms with van der Waals surface area (Å²) in [5, 5.41) is 2.85. The van der Waals surface area contributed by atoms with Crippen molar-refractivity contribution in [2.45, 2.75) is 57.5 Å². The van der Waals surface area contributed by atoms with Gasteiger partial charge in [-0.05, 0) is 60.7 Å². The largest absolute Gasteiger partial charge is 0.354 e. The van der Waals surface area contributed by atoms with E-state index in [-0.39, 0.29) is 17.3 Å². The van der Waals surface area contributed by atoms with Crippen molar-refractivity contribution >= 4 is 27.5 Å². The first-order valence-corrected chi connectivity index (χ1v) is 14.6. The molecule has 3 aromatic rings. The van der Waals surface area contributed by atoms with Crippen LogP contribution in [0.4, 0.5) is 10.1 Å². The van der Waals surface area contributed by atoms with Crippen LogP contribution in [0.3, 0.4) is 0 Å². The van der Waals surface area contributed by atoms with Crippen LogP contribution in [-0.2, 0) is 32.6 Å². The van der Waals surface area contributed by atoms with Crippen LogP contribution in [0.1, 0.15) is 44.7 Å². The Bertz CT molecular complexity index is 1350. The van der Waals surface area contributed by atoms with Crippen LogP contribution in [0, 0.1) is 5.82 Å². The van der Waals surface area contributed by atoms with Gasteiger partial charge in [-0.3, -0.25) is 13.9 Å². The molecule has 0 aromatic heterocycles. The van der Waals surface area contributed by atoms with E-state index in [4.69, 9.17) is 0 Å². The molecule has 1 unspecified atom stereocenters. The summed E-state index contributed by atoms with van der Waals surface area (Å²) in [6.45, 7) is 5.61. The minimum absolute atomic E-state index is 0.0197. The molecule has 0 saturated heterocycles. The Morgan fingerprint density at radius 2 is 1.54 bits per heavy atom. The van der Waals surface area contributed by atoms with Gasteiger partial charge in [0.05, 0.1) is 10.6 Å². The second-order valence-corrected chi connectivity index (χ2v) is 11.0. The Balaban J connectivity index is 2.07. The number of amides is 2. The number of rotatable bonds is 13. The van der Waals surface area contributed by atoms with E-state index >= 15 is 0 Å². The van der Waals surface area contributed by atoms with Crippen LogP contribution < -0.4 is 9.62 Å². The van der Waals surface area contributed by atoms with Gasteiger partial charge in [0.1, 0.15) is 18.4 Å². The molecular weight excluding hydrogens is 517 g/mol. The molecule has 0 radical (unpaired) electrons. The van der Waals surface area contributed by atoms with Crippen molar-refractivity contribution in [1.29, 1.82) is 0 Å². The summed E-state index contributed by atoms with van der Waals surface area (Å²) in [6.07, 6.45) is 1.60. The van der Waals surface area contributed by atoms with Gasteiger partial charge in [0, 0.05) is 13.1 Å². The lowest BCUT2D eigenvalue weighted by Gasteiger charge is -2.33. The van der Waals surface area contributed by atoms with E-state index in [1.807, 2.05) is 26.0 Å². The van der Waals surface area contributed by atoms with Gasteiger partial charge in [-0.15, -0.1) is 0 Å². The van der Waals surface area contributed by atoms with E-state index in [0.29, 0.717) is 30.6 Å². The summed E-state index contributed by atoms with van der Waals surface area (Å²) in [6, 6.07) is 19.9. The third-order valence-electron chi connectivity index (χ3n) is 6.45. The van der Waals surface area contributed by atoms with Gasteiger partial charge < -0.3 is 10.2 Å². The maximum absolute atomic E-state index is 14.0. The molecule has 3 rings (SSSR count). The van der Waals surface area contributed by atoms with E-state index in [1.54, 1.807) is 49.4 Å². The Morgan fingerprint density at radius 1 is 0.897 bits per heavy atom. The number of benzene rings is 3. The number of carbonyl (C=O) groups is 2. The van der Waals surface area contributed by atoms with Crippen molar-refractivity contribution in [1.82, 2.24) is 10.2 Å². The average Bonchev–Trinajstić information content (AvgIpc) is 2.95. The van der Waals surface area contributed by atoms with Crippen LogP contribution in [0.2, 0.25) is 0 Å². The first-order valence-electron chi connectivity index (χ1n) is 13.2. The van der Waals surface area contributed by atoms with Crippen molar-refractivity contribution in [3.05, 3.63) is 95.8 Å². The van der Waals surface area contributed by atoms with Crippen LogP contribution >= 0.6 is 0 Å². The lowest BCUT2D eigenvalue weighted by atomic mass is 10.1. The van der Waals surface area contributed by atoms with E-state index in [0.717, 1.165) is 16.3 Å². The van der Waals surface area contributed by atoms with Gasteiger partial charge >= 0.3 is 0 Å². The van der Waals surface area contributed by atoms with E-state index in [9.17, 15) is 22.4 Å². The smallest absolute Gasteiger partial charge is 0.264 e. The molecule has 1 N–H and O–H groups in total. The number of anilines is 1. The first kappa shape index (κ1) is 29.8. The second kappa shape index (κ2) is 13.9. The number of sulfonamides is 1. The summed E-state index contributed by atoms with van der Waals surface area (Å²) in [7, 11) is -4.12. The maximum atomic E-state index is 14.0. The van der Waals surface area contributed by atoms with Crippen molar-refractivity contribution in [2.75, 3.05) is 17.4 Å². The standard InChI is InChI=1S/C30H36FN3O4S/c1-4-20-32-30(36)27(6-3)33(21-23-16-18-25(31)19-17-23)29(35)22-34(28-15-11-10-12-24(28)5-2)39(37,38)26-13-8-7-9-14-26/h7-19,27H,4-6,20-22H2,1-3H3,(H,32,36). The monoisotopic (exact) mass is 553 g/mol. The zero-order chi connectivity index (χ0) is 28.4. The lowest BCUT2D eigenvalue weighted by molar-refractivity contribution is -0.140. The molecule has 3 aromatic carbocycles. The molecule has 0 aliphatic carbocycles. The van der Waals surface area contributed by atoms with Crippen molar-refractivity contribution in [3.8, 4) is 0 Å². The van der Waals surface area contributed by atoms with Crippen molar-refractivity contribution < 1.29 is 22.4 Å². The zero-order valence-electron chi connectivity index (χ0n) is 22.6. The van der Waals surface area contributed by atoms with Crippen LogP contribution in [0.5, 0.6) is 0 Å². The zero-order valence-corrected chi connectivity index (χ0v) is 23.5. The topological polar surface area (TPSA) is 86.8 Å². The van der Waals surface area contributed by atoms with E-state index < -0.39 is 34.3 Å². The molecule has 39 heavy (non-hydrogen) atoms. The summed E-state index contributed by atoms with van der Waals surface area (Å²) in [4.78, 5) is 28.6. The van der Waals surface area contributed by atoms with Crippen molar-refractivity contribution in [2.24, 2.45) is 0 Å². The van der Waals surface area contributed by atoms with Gasteiger partial charge in [0.25, 0.3) is 10.0 Å². The van der Waals surface area contributed by atoms with Gasteiger partial charge in [0.15, 0.2) is 0 Å². The SMILES string of the molecule is CCCNC(=O)C(CC)N(Cc1ccc(F)cc1)C(=O)CN(c1ccccc1CC)S(=O)(=O)c1ccccc1. The predicted octanol–water partition coefficient (Wildman–Crippen LogP) is 4.92. The Hall–Kier alpha value is -3.72. The summed E-state index contributed by atoms with van der Waals surface area (Å²) < 4.78 is 42.5. The Morgan fingerprint density at radius 3 is 2.15 bits per heavy atom. The number of nitrogens with zero attached hydrogens (tertiary/aromatic N) is 2. The lowest BCUT2D eigenvalue weighted by Crippen LogP contribution is -2.52. The minimum atomic E-state index is -4.12. The van der Waals surface area contributed by atoms with Gasteiger partial charge in [0.2, 0.25) is 11.8 Å². The molecule has 0 bridgehead atoms. The fourth-order valence-electron chi connectivity index (χ4n) is 4.36. The third-order valence-corrected chi connectivity index (χ3v) is 8.23. The second-order valence-electron chi connectivity index (χ2n) is 9.17. The Labute approximate surface area is 230 Å². The van der Waals surface area contributed by atoms with Crippen molar-refractivity contribution in [3.63, 3.8) is 0 Å². The fourth-order valence-corrected chi connectivity index (χ4v) is 5.83. The molecule has 9 heteroatoms. The van der Waals surface area contributed by atoms with Crippen LogP contribution in [0.15, 0.2) is 83.8 Å². The highest BCUT2D eigenvalue weighted by Gasteiger charge is 2.34. The fraction of sp³-hybridized carbons (Fsp3) is 0.333. The molecule has 7 nitrogen and oxygen atoms in total. The highest BCUT2D eigenvalue weighted by Crippen LogP contribution is 2.28. The number of para-hydroxylation sites is 1. The van der Waals surface area contributed by atoms with Crippen LogP contribution in [-0.4, -0.2) is 44.3 Å². The number of nitrogens with one attached hydrogen (secondary N) is 1. The minimum Gasteiger partial charge on any atom is -0.354 e. The van der Waals surface area contributed by atoms with E-state index in [1.165, 1.54) is 29.2 Å². The summed E-state index contributed by atoms with van der Waals surface area (Å²) >= 11 is 0. The molecule has 0 aliphatic rings. The molecule has 1 atom stereocenters. The number of halogens is 1. The van der Waals surface area contributed by atoms with E-state index in [2.05, 4.69) is 5.32 Å². The molecule has 0 saturated carbocycles. The number of carbonyl (C=O) groups excluding carboxylic acids is 2. The molecule has 208 valence electrons. The van der Waals surface area contributed by atoms with Gasteiger partial charge in [-0.1, -0.05) is 69.3 Å².